The van der Waals surface area contributed by atoms with Crippen LogP contribution in [0.2, 0.25) is 0 Å². The van der Waals surface area contributed by atoms with Crippen LogP contribution < -0.4 is 9.46 Å². The maximum absolute atomic E-state index is 12.7. The highest BCUT2D eigenvalue weighted by atomic mass is 32.2. The minimum Gasteiger partial charge on any atom is -0.497 e. The Balaban J connectivity index is 2.42. The minimum absolute atomic E-state index is 0.294. The summed E-state index contributed by atoms with van der Waals surface area (Å²) in [6, 6.07) is 10.8. The Bertz CT molecular complexity index is 763. The summed E-state index contributed by atoms with van der Waals surface area (Å²) in [7, 11) is -2.08. The molecule has 0 atom stereocenters. The van der Waals surface area contributed by atoms with Crippen LogP contribution in [-0.4, -0.2) is 21.8 Å². The average molecular weight is 337 g/mol. The summed E-state index contributed by atoms with van der Waals surface area (Å²) in [5.74, 6) is 0.651. The lowest BCUT2D eigenvalue weighted by Crippen LogP contribution is -2.15. The van der Waals surface area contributed by atoms with Crippen molar-refractivity contribution in [2.24, 2.45) is 0 Å². The topological polar surface area (TPSA) is 55.4 Å². The summed E-state index contributed by atoms with van der Waals surface area (Å²) in [5, 5.41) is 0. The first-order valence-corrected chi connectivity index (χ1v) is 9.40. The van der Waals surface area contributed by atoms with Gasteiger partial charge in [-0.1, -0.05) is 6.07 Å². The van der Waals surface area contributed by atoms with E-state index in [0.717, 1.165) is 4.90 Å². The van der Waals surface area contributed by atoms with Gasteiger partial charge in [0.25, 0.3) is 10.0 Å². The monoisotopic (exact) mass is 337 g/mol. The molecule has 1 N–H and O–H groups in total. The van der Waals surface area contributed by atoms with E-state index in [-0.39, 0.29) is 0 Å². The molecule has 0 bridgehead atoms. The second kappa shape index (κ2) is 6.62. The highest BCUT2D eigenvalue weighted by Gasteiger charge is 2.20. The normalized spacial score (nSPS) is 11.3. The lowest BCUT2D eigenvalue weighted by atomic mass is 10.1. The smallest absolute Gasteiger partial charge is 0.262 e. The fourth-order valence-corrected chi connectivity index (χ4v) is 4.31. The zero-order chi connectivity index (χ0) is 16.3. The largest absolute Gasteiger partial charge is 0.497 e. The summed E-state index contributed by atoms with van der Waals surface area (Å²) in [5.41, 5.74) is 1.87. The number of rotatable bonds is 5. The quantitative estimate of drug-likeness (QED) is 0.842. The van der Waals surface area contributed by atoms with Crippen LogP contribution in [0.5, 0.6) is 5.75 Å². The standard InChI is InChI=1S/C16H19NO3S2/c1-11-8-14(20-3)9-12(2)16(11)22(18,19)17-13-6-5-7-15(10-13)21-4/h5-10,17H,1-4H3. The zero-order valence-electron chi connectivity index (χ0n) is 13.0. The molecule has 0 aromatic heterocycles. The van der Waals surface area contributed by atoms with E-state index in [1.807, 2.05) is 24.5 Å². The summed E-state index contributed by atoms with van der Waals surface area (Å²) in [4.78, 5) is 1.30. The van der Waals surface area contributed by atoms with Crippen molar-refractivity contribution in [2.45, 2.75) is 23.6 Å². The van der Waals surface area contributed by atoms with Gasteiger partial charge in [0.15, 0.2) is 0 Å². The maximum Gasteiger partial charge on any atom is 0.262 e. The molecule has 0 aliphatic heterocycles. The van der Waals surface area contributed by atoms with E-state index < -0.39 is 10.0 Å². The first-order valence-electron chi connectivity index (χ1n) is 6.69. The second-order valence-corrected chi connectivity index (χ2v) is 7.43. The Labute approximate surface area is 135 Å². The van der Waals surface area contributed by atoms with Gasteiger partial charge in [0, 0.05) is 10.6 Å². The molecule has 2 aromatic rings. The third kappa shape index (κ3) is 3.56. The molecule has 2 rings (SSSR count). The lowest BCUT2D eigenvalue weighted by Gasteiger charge is -2.14. The zero-order valence-corrected chi connectivity index (χ0v) is 14.6. The second-order valence-electron chi connectivity index (χ2n) is 4.93. The molecule has 0 spiro atoms. The molecule has 0 saturated carbocycles. The van der Waals surface area contributed by atoms with Crippen LogP contribution >= 0.6 is 11.8 Å². The molecular formula is C16H19NO3S2. The van der Waals surface area contributed by atoms with Crippen LogP contribution in [0.15, 0.2) is 46.2 Å². The van der Waals surface area contributed by atoms with Gasteiger partial charge in [-0.3, -0.25) is 4.72 Å². The van der Waals surface area contributed by atoms with E-state index in [1.54, 1.807) is 50.9 Å². The number of aryl methyl sites for hydroxylation is 2. The van der Waals surface area contributed by atoms with Crippen LogP contribution in [-0.2, 0) is 10.0 Å². The number of hydrogen-bond donors (Lipinski definition) is 1. The van der Waals surface area contributed by atoms with Gasteiger partial charge < -0.3 is 4.74 Å². The minimum atomic E-state index is -3.64. The molecule has 6 heteroatoms. The fraction of sp³-hybridized carbons (Fsp3) is 0.250. The number of sulfonamides is 1. The third-order valence-electron chi connectivity index (χ3n) is 3.26. The van der Waals surface area contributed by atoms with E-state index in [2.05, 4.69) is 4.72 Å². The van der Waals surface area contributed by atoms with E-state index in [4.69, 9.17) is 4.74 Å². The summed E-state index contributed by atoms with van der Waals surface area (Å²) in [6.07, 6.45) is 1.95. The van der Waals surface area contributed by atoms with Gasteiger partial charge in [-0.2, -0.15) is 0 Å². The first-order chi connectivity index (χ1) is 10.4. The molecule has 4 nitrogen and oxygen atoms in total. The molecule has 0 heterocycles. The van der Waals surface area contributed by atoms with Gasteiger partial charge in [-0.15, -0.1) is 11.8 Å². The molecule has 118 valence electrons. The Morgan fingerprint density at radius 1 is 1.09 bits per heavy atom. The van der Waals surface area contributed by atoms with Crippen molar-refractivity contribution in [1.29, 1.82) is 0 Å². The third-order valence-corrected chi connectivity index (χ3v) is 5.67. The molecule has 0 aliphatic rings. The van der Waals surface area contributed by atoms with Crippen molar-refractivity contribution in [1.82, 2.24) is 0 Å². The van der Waals surface area contributed by atoms with Gasteiger partial charge >= 0.3 is 0 Å². The van der Waals surface area contributed by atoms with Crippen LogP contribution in [0.25, 0.3) is 0 Å². The van der Waals surface area contributed by atoms with Crippen LogP contribution in [0.3, 0.4) is 0 Å². The molecule has 22 heavy (non-hydrogen) atoms. The number of benzene rings is 2. The van der Waals surface area contributed by atoms with Gasteiger partial charge in [-0.05, 0) is 61.6 Å². The van der Waals surface area contributed by atoms with Gasteiger partial charge in [0.2, 0.25) is 0 Å². The highest BCUT2D eigenvalue weighted by molar-refractivity contribution is 7.98. The average Bonchev–Trinajstić information content (AvgIpc) is 2.45. The molecular weight excluding hydrogens is 318 g/mol. The number of thioether (sulfide) groups is 1. The SMILES string of the molecule is COc1cc(C)c(S(=O)(=O)Nc2cccc(SC)c2)c(C)c1. The van der Waals surface area contributed by atoms with E-state index in [9.17, 15) is 8.42 Å². The van der Waals surface area contributed by atoms with E-state index in [1.165, 1.54) is 0 Å². The number of methoxy groups -OCH3 is 1. The Kier molecular flexibility index (Phi) is 5.03. The predicted molar refractivity (Wildman–Crippen MR) is 91.5 cm³/mol. The molecule has 0 fully saturated rings. The van der Waals surface area contributed by atoms with Crippen molar-refractivity contribution in [3.63, 3.8) is 0 Å². The predicted octanol–water partition coefficient (Wildman–Crippen LogP) is 3.83. The molecule has 0 saturated heterocycles. The van der Waals surface area contributed by atoms with Crippen molar-refractivity contribution in [2.75, 3.05) is 18.1 Å². The fourth-order valence-electron chi connectivity index (χ4n) is 2.35. The molecule has 0 amide bonds. The number of anilines is 1. The Hall–Kier alpha value is -1.66. The summed E-state index contributed by atoms with van der Waals surface area (Å²) < 4.78 is 33.2. The van der Waals surface area contributed by atoms with Crippen LogP contribution in [0.1, 0.15) is 11.1 Å². The molecule has 0 radical (unpaired) electrons. The van der Waals surface area contributed by atoms with Crippen molar-refractivity contribution in [3.05, 3.63) is 47.5 Å². The van der Waals surface area contributed by atoms with E-state index >= 15 is 0 Å². The number of nitrogens with one attached hydrogen (secondary N) is 1. The molecule has 2 aromatic carbocycles. The van der Waals surface area contributed by atoms with Gasteiger partial charge in [0.1, 0.15) is 5.75 Å². The lowest BCUT2D eigenvalue weighted by molar-refractivity contribution is 0.413. The first kappa shape index (κ1) is 16.7. The summed E-state index contributed by atoms with van der Waals surface area (Å²) >= 11 is 1.56. The van der Waals surface area contributed by atoms with Crippen molar-refractivity contribution in [3.8, 4) is 5.75 Å². The van der Waals surface area contributed by atoms with Crippen LogP contribution in [0.4, 0.5) is 5.69 Å². The maximum atomic E-state index is 12.7. The number of hydrogen-bond acceptors (Lipinski definition) is 4. The Morgan fingerprint density at radius 3 is 2.27 bits per heavy atom. The van der Waals surface area contributed by atoms with Crippen molar-refractivity contribution < 1.29 is 13.2 Å². The molecule has 0 unspecified atom stereocenters. The van der Waals surface area contributed by atoms with Crippen molar-refractivity contribution >= 4 is 27.5 Å². The van der Waals surface area contributed by atoms with Gasteiger partial charge in [-0.25, -0.2) is 8.42 Å². The highest BCUT2D eigenvalue weighted by Crippen LogP contribution is 2.28. The molecule has 0 aliphatic carbocycles. The van der Waals surface area contributed by atoms with Gasteiger partial charge in [0.05, 0.1) is 12.0 Å². The Morgan fingerprint density at radius 2 is 1.73 bits per heavy atom. The van der Waals surface area contributed by atoms with E-state index in [0.29, 0.717) is 27.5 Å². The summed E-state index contributed by atoms with van der Waals surface area (Å²) in [6.45, 7) is 3.53. The number of ether oxygens (including phenoxy) is 1. The van der Waals surface area contributed by atoms with Crippen LogP contribution in [0, 0.1) is 13.8 Å².